The number of methoxy groups -OCH3 is 2. The number of benzene rings is 2. The normalized spacial score (nSPS) is 10.4. The summed E-state index contributed by atoms with van der Waals surface area (Å²) < 4.78 is 10.7. The number of rotatable bonds is 8. The van der Waals surface area contributed by atoms with Crippen molar-refractivity contribution in [2.24, 2.45) is 0 Å². The Morgan fingerprint density at radius 1 is 0.893 bits per heavy atom. The molecule has 3 rings (SSSR count). The van der Waals surface area contributed by atoms with E-state index in [0.717, 1.165) is 30.0 Å². The molecule has 0 radical (unpaired) electrons. The van der Waals surface area contributed by atoms with Gasteiger partial charge in [-0.15, -0.1) is 0 Å². The highest BCUT2D eigenvalue weighted by atomic mass is 16.5. The molecule has 0 aliphatic carbocycles. The first kappa shape index (κ1) is 19.5. The Hall–Kier alpha value is -3.28. The quantitative estimate of drug-likeness (QED) is 0.568. The molecule has 1 heterocycles. The van der Waals surface area contributed by atoms with Crippen LogP contribution in [0, 0.1) is 0 Å². The van der Waals surface area contributed by atoms with Crippen LogP contribution in [0.1, 0.15) is 25.0 Å². The number of anilines is 4. The summed E-state index contributed by atoms with van der Waals surface area (Å²) in [6, 6.07) is 13.8. The van der Waals surface area contributed by atoms with Gasteiger partial charge in [0.1, 0.15) is 17.3 Å². The molecule has 2 aromatic carbocycles. The van der Waals surface area contributed by atoms with E-state index in [1.54, 1.807) is 20.4 Å². The summed E-state index contributed by atoms with van der Waals surface area (Å²) in [5.74, 6) is 2.63. The monoisotopic (exact) mass is 378 g/mol. The fourth-order valence-electron chi connectivity index (χ4n) is 3.04. The molecule has 0 spiro atoms. The van der Waals surface area contributed by atoms with Gasteiger partial charge in [-0.05, 0) is 42.2 Å². The Morgan fingerprint density at radius 3 is 2.29 bits per heavy atom. The van der Waals surface area contributed by atoms with E-state index in [9.17, 15) is 0 Å². The van der Waals surface area contributed by atoms with Crippen molar-refractivity contribution in [1.29, 1.82) is 0 Å². The van der Waals surface area contributed by atoms with E-state index in [1.165, 1.54) is 11.1 Å². The standard InChI is InChI=1S/C22H26N4O2/c1-5-15-8-7-9-16(6-2)21(15)26-22-23-13-12-20(25-22)24-18-11-10-17(27-3)14-19(18)28-4/h7-14H,5-6H2,1-4H3,(H2,23,24,25,26). The molecule has 28 heavy (non-hydrogen) atoms. The number of aryl methyl sites for hydroxylation is 2. The minimum atomic E-state index is 0.549. The Balaban J connectivity index is 1.86. The summed E-state index contributed by atoms with van der Waals surface area (Å²) in [5.41, 5.74) is 4.39. The van der Waals surface area contributed by atoms with E-state index in [4.69, 9.17) is 9.47 Å². The molecule has 6 heteroatoms. The summed E-state index contributed by atoms with van der Waals surface area (Å²) in [4.78, 5) is 9.00. The molecule has 0 aliphatic heterocycles. The zero-order chi connectivity index (χ0) is 19.9. The van der Waals surface area contributed by atoms with Gasteiger partial charge in [-0.2, -0.15) is 4.98 Å². The Morgan fingerprint density at radius 2 is 1.64 bits per heavy atom. The largest absolute Gasteiger partial charge is 0.497 e. The van der Waals surface area contributed by atoms with E-state index in [2.05, 4.69) is 52.6 Å². The summed E-state index contributed by atoms with van der Waals surface area (Å²) >= 11 is 0. The van der Waals surface area contributed by atoms with Crippen molar-refractivity contribution in [2.45, 2.75) is 26.7 Å². The van der Waals surface area contributed by atoms with Crippen LogP contribution < -0.4 is 20.1 Å². The average Bonchev–Trinajstić information content (AvgIpc) is 2.74. The summed E-state index contributed by atoms with van der Waals surface area (Å²) in [6.45, 7) is 4.30. The number of para-hydroxylation sites is 1. The number of aromatic nitrogens is 2. The lowest BCUT2D eigenvalue weighted by molar-refractivity contribution is 0.395. The first-order chi connectivity index (χ1) is 13.7. The molecule has 1 aromatic heterocycles. The maximum Gasteiger partial charge on any atom is 0.229 e. The number of nitrogens with zero attached hydrogens (tertiary/aromatic N) is 2. The molecular formula is C22H26N4O2. The third-order valence-corrected chi connectivity index (χ3v) is 4.56. The first-order valence-corrected chi connectivity index (χ1v) is 9.38. The second kappa shape index (κ2) is 9.08. The number of nitrogens with one attached hydrogen (secondary N) is 2. The first-order valence-electron chi connectivity index (χ1n) is 9.38. The molecule has 0 unspecified atom stereocenters. The molecule has 2 N–H and O–H groups in total. The fraction of sp³-hybridized carbons (Fsp3) is 0.273. The molecule has 0 saturated carbocycles. The summed E-state index contributed by atoms with van der Waals surface area (Å²) in [6.07, 6.45) is 3.61. The molecule has 3 aromatic rings. The van der Waals surface area contributed by atoms with Crippen LogP contribution >= 0.6 is 0 Å². The van der Waals surface area contributed by atoms with Gasteiger partial charge in [-0.3, -0.25) is 0 Å². The third-order valence-electron chi connectivity index (χ3n) is 4.56. The smallest absolute Gasteiger partial charge is 0.229 e. The van der Waals surface area contributed by atoms with Crippen molar-refractivity contribution in [3.8, 4) is 11.5 Å². The lowest BCUT2D eigenvalue weighted by Gasteiger charge is -2.15. The summed E-state index contributed by atoms with van der Waals surface area (Å²) in [7, 11) is 3.25. The molecule has 0 aliphatic rings. The fourth-order valence-corrected chi connectivity index (χ4v) is 3.04. The summed E-state index contributed by atoms with van der Waals surface area (Å²) in [5, 5.41) is 6.69. The number of hydrogen-bond donors (Lipinski definition) is 2. The lowest BCUT2D eigenvalue weighted by Crippen LogP contribution is -2.05. The highest BCUT2D eigenvalue weighted by Gasteiger charge is 2.10. The van der Waals surface area contributed by atoms with Crippen molar-refractivity contribution in [3.63, 3.8) is 0 Å². The maximum atomic E-state index is 5.44. The van der Waals surface area contributed by atoms with Crippen LogP contribution in [0.25, 0.3) is 0 Å². The van der Waals surface area contributed by atoms with Gasteiger partial charge in [-0.25, -0.2) is 4.98 Å². The zero-order valence-corrected chi connectivity index (χ0v) is 16.7. The zero-order valence-electron chi connectivity index (χ0n) is 16.7. The van der Waals surface area contributed by atoms with Gasteiger partial charge < -0.3 is 20.1 Å². The number of ether oxygens (including phenoxy) is 2. The molecule has 0 saturated heterocycles. The van der Waals surface area contributed by atoms with Crippen molar-refractivity contribution in [3.05, 3.63) is 59.8 Å². The van der Waals surface area contributed by atoms with Gasteiger partial charge in [0.25, 0.3) is 0 Å². The van der Waals surface area contributed by atoms with Crippen molar-refractivity contribution in [2.75, 3.05) is 24.9 Å². The minimum Gasteiger partial charge on any atom is -0.497 e. The Kier molecular flexibility index (Phi) is 6.32. The van der Waals surface area contributed by atoms with Crippen molar-refractivity contribution >= 4 is 23.1 Å². The number of hydrogen-bond acceptors (Lipinski definition) is 6. The van der Waals surface area contributed by atoms with Crippen molar-refractivity contribution in [1.82, 2.24) is 9.97 Å². The van der Waals surface area contributed by atoms with Gasteiger partial charge in [0.15, 0.2) is 0 Å². The average molecular weight is 378 g/mol. The SMILES string of the molecule is CCc1cccc(CC)c1Nc1nccc(Nc2ccc(OC)cc2OC)n1. The highest BCUT2D eigenvalue weighted by molar-refractivity contribution is 5.68. The maximum absolute atomic E-state index is 5.44. The van der Waals surface area contributed by atoms with E-state index in [1.807, 2.05) is 24.3 Å². The van der Waals surface area contributed by atoms with E-state index >= 15 is 0 Å². The van der Waals surface area contributed by atoms with Crippen LogP contribution in [0.2, 0.25) is 0 Å². The van der Waals surface area contributed by atoms with Gasteiger partial charge in [0.05, 0.1) is 19.9 Å². The van der Waals surface area contributed by atoms with Crippen LogP contribution in [0.5, 0.6) is 11.5 Å². The molecule has 0 fully saturated rings. The van der Waals surface area contributed by atoms with E-state index in [0.29, 0.717) is 17.5 Å². The molecule has 0 amide bonds. The predicted octanol–water partition coefficient (Wildman–Crippen LogP) is 5.11. The Bertz CT molecular complexity index is 921. The van der Waals surface area contributed by atoms with E-state index in [-0.39, 0.29) is 0 Å². The molecule has 146 valence electrons. The third kappa shape index (κ3) is 4.34. The molecule has 0 bridgehead atoms. The lowest BCUT2D eigenvalue weighted by atomic mass is 10.0. The predicted molar refractivity (Wildman–Crippen MR) is 113 cm³/mol. The van der Waals surface area contributed by atoms with Crippen LogP contribution in [-0.4, -0.2) is 24.2 Å². The van der Waals surface area contributed by atoms with E-state index < -0.39 is 0 Å². The van der Waals surface area contributed by atoms with Crippen LogP contribution in [0.15, 0.2) is 48.7 Å². The van der Waals surface area contributed by atoms with Gasteiger partial charge in [-0.1, -0.05) is 32.0 Å². The minimum absolute atomic E-state index is 0.549. The Labute approximate surface area is 166 Å². The second-order valence-electron chi connectivity index (χ2n) is 6.24. The van der Waals surface area contributed by atoms with Crippen LogP contribution in [-0.2, 0) is 12.8 Å². The molecule has 6 nitrogen and oxygen atoms in total. The second-order valence-corrected chi connectivity index (χ2v) is 6.24. The highest BCUT2D eigenvalue weighted by Crippen LogP contribution is 2.31. The molecular weight excluding hydrogens is 352 g/mol. The topological polar surface area (TPSA) is 68.3 Å². The van der Waals surface area contributed by atoms with Crippen LogP contribution in [0.3, 0.4) is 0 Å². The van der Waals surface area contributed by atoms with Crippen LogP contribution in [0.4, 0.5) is 23.1 Å². The van der Waals surface area contributed by atoms with Gasteiger partial charge in [0.2, 0.25) is 5.95 Å². The van der Waals surface area contributed by atoms with Gasteiger partial charge >= 0.3 is 0 Å². The molecule has 0 atom stereocenters. The van der Waals surface area contributed by atoms with Crippen molar-refractivity contribution < 1.29 is 9.47 Å². The van der Waals surface area contributed by atoms with Gasteiger partial charge in [0, 0.05) is 18.0 Å².